The van der Waals surface area contributed by atoms with E-state index in [9.17, 15) is 9.90 Å². The Morgan fingerprint density at radius 2 is 2.07 bits per heavy atom. The fourth-order valence-electron chi connectivity index (χ4n) is 1.08. The number of aromatic hydroxyl groups is 1. The van der Waals surface area contributed by atoms with Crippen molar-refractivity contribution >= 4 is 37.6 Å². The maximum absolute atomic E-state index is 11.6. The smallest absolute Gasteiger partial charge is 0.179 e. The molecular formula is C10H10Br2O2. The Balaban J connectivity index is 3.22. The Morgan fingerprint density at radius 1 is 1.50 bits per heavy atom. The van der Waals surface area contributed by atoms with Gasteiger partial charge in [-0.3, -0.25) is 4.79 Å². The molecule has 0 saturated heterocycles. The first-order valence-electron chi connectivity index (χ1n) is 4.11. The van der Waals surface area contributed by atoms with E-state index in [0.29, 0.717) is 5.56 Å². The van der Waals surface area contributed by atoms with Gasteiger partial charge in [0, 0.05) is 4.47 Å². The zero-order valence-electron chi connectivity index (χ0n) is 7.84. The van der Waals surface area contributed by atoms with Crippen LogP contribution >= 0.6 is 31.9 Å². The summed E-state index contributed by atoms with van der Waals surface area (Å²) in [6.07, 6.45) is 0. The van der Waals surface area contributed by atoms with Crippen LogP contribution in [0.15, 0.2) is 16.6 Å². The molecule has 76 valence electrons. The van der Waals surface area contributed by atoms with Crippen molar-refractivity contribution in [1.82, 2.24) is 0 Å². The molecule has 14 heavy (non-hydrogen) atoms. The Hall–Kier alpha value is -0.350. The molecular weight excluding hydrogens is 312 g/mol. The number of carbonyl (C=O) groups is 1. The lowest BCUT2D eigenvalue weighted by molar-refractivity contribution is 0.0993. The van der Waals surface area contributed by atoms with E-state index in [1.54, 1.807) is 19.1 Å². The van der Waals surface area contributed by atoms with E-state index < -0.39 is 0 Å². The SMILES string of the molecule is Cc1cc(O)c(C(=O)C(C)Br)cc1Br. The van der Waals surface area contributed by atoms with E-state index in [1.165, 1.54) is 0 Å². The summed E-state index contributed by atoms with van der Waals surface area (Å²) in [5, 5.41) is 9.57. The van der Waals surface area contributed by atoms with E-state index in [1.807, 2.05) is 6.92 Å². The summed E-state index contributed by atoms with van der Waals surface area (Å²) in [5.74, 6) is -0.0924. The Bertz CT molecular complexity index is 373. The monoisotopic (exact) mass is 320 g/mol. The molecule has 0 heterocycles. The first kappa shape index (κ1) is 11.7. The van der Waals surface area contributed by atoms with Crippen LogP contribution in [0.4, 0.5) is 0 Å². The van der Waals surface area contributed by atoms with Gasteiger partial charge >= 0.3 is 0 Å². The molecule has 0 bridgehead atoms. The summed E-state index contributed by atoms with van der Waals surface area (Å²) in [7, 11) is 0. The molecule has 0 saturated carbocycles. The first-order valence-corrected chi connectivity index (χ1v) is 5.81. The van der Waals surface area contributed by atoms with Crippen molar-refractivity contribution in [2.45, 2.75) is 18.7 Å². The number of phenolic OH excluding ortho intramolecular Hbond substituents is 1. The molecule has 4 heteroatoms. The molecule has 0 aromatic heterocycles. The zero-order chi connectivity index (χ0) is 10.9. The minimum absolute atomic E-state index is 0.0296. The van der Waals surface area contributed by atoms with Gasteiger partial charge in [-0.05, 0) is 31.5 Å². The molecule has 1 rings (SSSR count). The van der Waals surface area contributed by atoms with Gasteiger partial charge in [0.15, 0.2) is 5.78 Å². The van der Waals surface area contributed by atoms with E-state index in [4.69, 9.17) is 0 Å². The van der Waals surface area contributed by atoms with Gasteiger partial charge in [0.05, 0.1) is 10.4 Å². The number of carbonyl (C=O) groups excluding carboxylic acids is 1. The van der Waals surface area contributed by atoms with E-state index in [2.05, 4.69) is 31.9 Å². The van der Waals surface area contributed by atoms with Gasteiger partial charge in [-0.25, -0.2) is 0 Å². The Morgan fingerprint density at radius 3 is 2.57 bits per heavy atom. The summed E-state index contributed by atoms with van der Waals surface area (Å²) >= 11 is 6.50. The lowest BCUT2D eigenvalue weighted by atomic mass is 10.1. The second-order valence-corrected chi connectivity index (χ2v) is 5.33. The van der Waals surface area contributed by atoms with Gasteiger partial charge in [-0.1, -0.05) is 31.9 Å². The van der Waals surface area contributed by atoms with E-state index in [-0.39, 0.29) is 16.4 Å². The highest BCUT2D eigenvalue weighted by Gasteiger charge is 2.17. The number of Topliss-reactive ketones (excluding diaryl/α,β-unsaturated/α-hetero) is 1. The minimum atomic E-state index is -0.289. The van der Waals surface area contributed by atoms with Crippen LogP contribution < -0.4 is 0 Å². The fourth-order valence-corrected chi connectivity index (χ4v) is 1.67. The second kappa shape index (κ2) is 4.45. The summed E-state index contributed by atoms with van der Waals surface area (Å²) in [6.45, 7) is 3.59. The standard InChI is InChI=1S/C10H10Br2O2/c1-5-3-9(13)7(4-8(5)12)10(14)6(2)11/h3-4,6,13H,1-2H3. The molecule has 1 unspecified atom stereocenters. The molecule has 1 aromatic rings. The number of hydrogen-bond donors (Lipinski definition) is 1. The predicted molar refractivity (Wildman–Crippen MR) is 63.3 cm³/mol. The number of halogens is 2. The molecule has 0 radical (unpaired) electrons. The minimum Gasteiger partial charge on any atom is -0.507 e. The van der Waals surface area contributed by atoms with Gasteiger partial charge in [0.25, 0.3) is 0 Å². The predicted octanol–water partition coefficient (Wildman–Crippen LogP) is 3.43. The molecule has 2 nitrogen and oxygen atoms in total. The van der Waals surface area contributed by atoms with Gasteiger partial charge in [0.2, 0.25) is 0 Å². The molecule has 0 amide bonds. The number of rotatable bonds is 2. The van der Waals surface area contributed by atoms with Crippen molar-refractivity contribution in [3.63, 3.8) is 0 Å². The molecule has 1 atom stereocenters. The van der Waals surface area contributed by atoms with Crippen LogP contribution in [0.25, 0.3) is 0 Å². The number of hydrogen-bond acceptors (Lipinski definition) is 2. The number of alkyl halides is 1. The highest BCUT2D eigenvalue weighted by atomic mass is 79.9. The third kappa shape index (κ3) is 2.36. The molecule has 0 aliphatic carbocycles. The van der Waals surface area contributed by atoms with Gasteiger partial charge < -0.3 is 5.11 Å². The van der Waals surface area contributed by atoms with Crippen LogP contribution in [0, 0.1) is 6.92 Å². The maximum Gasteiger partial charge on any atom is 0.179 e. The van der Waals surface area contributed by atoms with Crippen molar-refractivity contribution in [3.05, 3.63) is 27.7 Å². The van der Waals surface area contributed by atoms with Crippen molar-refractivity contribution in [3.8, 4) is 5.75 Å². The normalized spacial score (nSPS) is 12.6. The molecule has 0 fully saturated rings. The largest absolute Gasteiger partial charge is 0.507 e. The zero-order valence-corrected chi connectivity index (χ0v) is 11.0. The highest BCUT2D eigenvalue weighted by Crippen LogP contribution is 2.27. The summed E-state index contributed by atoms with van der Waals surface area (Å²) in [4.78, 5) is 11.3. The average molecular weight is 322 g/mol. The van der Waals surface area contributed by atoms with Crippen molar-refractivity contribution < 1.29 is 9.90 Å². The molecule has 0 aliphatic rings. The third-order valence-corrected chi connectivity index (χ3v) is 3.17. The second-order valence-electron chi connectivity index (χ2n) is 3.10. The molecule has 0 aliphatic heterocycles. The molecule has 1 N–H and O–H groups in total. The fraction of sp³-hybridized carbons (Fsp3) is 0.300. The topological polar surface area (TPSA) is 37.3 Å². The van der Waals surface area contributed by atoms with Crippen LogP contribution in [0.5, 0.6) is 5.75 Å². The Kier molecular flexibility index (Phi) is 3.72. The number of phenols is 1. The summed E-state index contributed by atoms with van der Waals surface area (Å²) < 4.78 is 0.826. The summed E-state index contributed by atoms with van der Waals surface area (Å²) in [5.41, 5.74) is 1.24. The van der Waals surface area contributed by atoms with E-state index >= 15 is 0 Å². The number of benzene rings is 1. The van der Waals surface area contributed by atoms with Gasteiger partial charge in [-0.15, -0.1) is 0 Å². The van der Waals surface area contributed by atoms with Crippen LogP contribution in [0.1, 0.15) is 22.8 Å². The van der Waals surface area contributed by atoms with Crippen molar-refractivity contribution in [2.24, 2.45) is 0 Å². The van der Waals surface area contributed by atoms with Crippen LogP contribution in [0.3, 0.4) is 0 Å². The molecule has 1 aromatic carbocycles. The number of aryl methyl sites for hydroxylation is 1. The molecule has 0 spiro atoms. The van der Waals surface area contributed by atoms with Crippen LogP contribution in [0.2, 0.25) is 0 Å². The first-order chi connectivity index (χ1) is 6.43. The number of ketones is 1. The maximum atomic E-state index is 11.6. The summed E-state index contributed by atoms with van der Waals surface area (Å²) in [6, 6.07) is 3.22. The average Bonchev–Trinajstić information content (AvgIpc) is 2.10. The van der Waals surface area contributed by atoms with Crippen LogP contribution in [-0.4, -0.2) is 15.7 Å². The Labute approximate surface area is 99.6 Å². The van der Waals surface area contributed by atoms with Gasteiger partial charge in [0.1, 0.15) is 5.75 Å². The lowest BCUT2D eigenvalue weighted by Gasteiger charge is -2.07. The highest BCUT2D eigenvalue weighted by molar-refractivity contribution is 9.10. The van der Waals surface area contributed by atoms with E-state index in [0.717, 1.165) is 10.0 Å². The van der Waals surface area contributed by atoms with Gasteiger partial charge in [-0.2, -0.15) is 0 Å². The van der Waals surface area contributed by atoms with Crippen molar-refractivity contribution in [1.29, 1.82) is 0 Å². The lowest BCUT2D eigenvalue weighted by Crippen LogP contribution is -2.10. The van der Waals surface area contributed by atoms with Crippen LogP contribution in [-0.2, 0) is 0 Å². The quantitative estimate of drug-likeness (QED) is 0.669. The van der Waals surface area contributed by atoms with Crippen molar-refractivity contribution in [2.75, 3.05) is 0 Å². The third-order valence-electron chi connectivity index (χ3n) is 1.90.